The fraction of sp³-hybridized carbons (Fsp3) is 0.471. The van der Waals surface area contributed by atoms with Crippen LogP contribution in [-0.4, -0.2) is 5.97 Å². The molecule has 0 radical (unpaired) electrons. The summed E-state index contributed by atoms with van der Waals surface area (Å²) in [5, 5.41) is 0. The smallest absolute Gasteiger partial charge is 0.310 e. The van der Waals surface area contributed by atoms with Crippen molar-refractivity contribution in [1.29, 1.82) is 0 Å². The Balaban J connectivity index is 1.89. The van der Waals surface area contributed by atoms with Crippen molar-refractivity contribution in [2.24, 2.45) is 0 Å². The fourth-order valence-electron chi connectivity index (χ4n) is 2.10. The van der Waals surface area contributed by atoms with E-state index in [2.05, 4.69) is 41.6 Å². The molecule has 0 atom stereocenters. The Bertz CT molecular complexity index is 357. The molecule has 0 amide bonds. The van der Waals surface area contributed by atoms with Gasteiger partial charge in [-0.05, 0) is 24.8 Å². The van der Waals surface area contributed by atoms with Crippen LogP contribution in [0.4, 0.5) is 0 Å². The van der Waals surface area contributed by atoms with Crippen LogP contribution in [0.1, 0.15) is 50.5 Å². The molecule has 0 aliphatic heterocycles. The van der Waals surface area contributed by atoms with Gasteiger partial charge < -0.3 is 4.74 Å². The summed E-state index contributed by atoms with van der Waals surface area (Å²) in [6, 6.07) is 10.6. The summed E-state index contributed by atoms with van der Waals surface area (Å²) < 4.78 is 4.66. The average Bonchev–Trinajstić information content (AvgIpc) is 2.43. The highest BCUT2D eigenvalue weighted by molar-refractivity contribution is 5.69. The van der Waals surface area contributed by atoms with Crippen molar-refractivity contribution in [2.75, 3.05) is 0 Å². The van der Waals surface area contributed by atoms with Crippen molar-refractivity contribution in [3.63, 3.8) is 0 Å². The molecule has 1 aromatic rings. The Kier molecular flexibility index (Phi) is 8.45. The number of unbranched alkanes of at least 4 members (excludes halogenated alkanes) is 5. The third-order valence-corrected chi connectivity index (χ3v) is 3.15. The van der Waals surface area contributed by atoms with Crippen molar-refractivity contribution < 1.29 is 9.53 Å². The number of benzene rings is 1. The second kappa shape index (κ2) is 10.4. The lowest BCUT2D eigenvalue weighted by molar-refractivity contribution is -0.138. The van der Waals surface area contributed by atoms with Crippen molar-refractivity contribution in [1.82, 2.24) is 0 Å². The number of ether oxygens (including phenoxy) is 1. The van der Waals surface area contributed by atoms with Crippen LogP contribution in [0.3, 0.4) is 0 Å². The minimum Gasteiger partial charge on any atom is -0.435 e. The molecule has 0 bridgehead atoms. The predicted molar refractivity (Wildman–Crippen MR) is 78.8 cm³/mol. The topological polar surface area (TPSA) is 26.3 Å². The van der Waals surface area contributed by atoms with Gasteiger partial charge in [0.1, 0.15) is 0 Å². The molecule has 0 fully saturated rings. The van der Waals surface area contributed by atoms with Gasteiger partial charge in [0.15, 0.2) is 0 Å². The summed E-state index contributed by atoms with van der Waals surface area (Å²) in [5.74, 6) is -0.168. The number of carbonyl (C=O) groups excluding carboxylic acids is 1. The standard InChI is InChI=1S/C17H24O2/c1-2-19-17(18)15-11-6-4-3-5-8-12-16-13-9-7-10-14-16/h2,7,9-10,13-14H,1,3-6,8,11-12,15H2. The van der Waals surface area contributed by atoms with E-state index in [9.17, 15) is 4.79 Å². The first-order chi connectivity index (χ1) is 9.33. The van der Waals surface area contributed by atoms with Gasteiger partial charge >= 0.3 is 5.97 Å². The summed E-state index contributed by atoms with van der Waals surface area (Å²) in [7, 11) is 0. The van der Waals surface area contributed by atoms with Crippen LogP contribution >= 0.6 is 0 Å². The molecule has 0 N–H and O–H groups in total. The Labute approximate surface area is 116 Å². The van der Waals surface area contributed by atoms with E-state index in [4.69, 9.17) is 0 Å². The lowest BCUT2D eigenvalue weighted by Gasteiger charge is -2.02. The van der Waals surface area contributed by atoms with Gasteiger partial charge in [-0.15, -0.1) is 0 Å². The quantitative estimate of drug-likeness (QED) is 0.348. The number of hydrogen-bond donors (Lipinski definition) is 0. The Morgan fingerprint density at radius 2 is 1.63 bits per heavy atom. The fourth-order valence-corrected chi connectivity index (χ4v) is 2.10. The molecule has 0 unspecified atom stereocenters. The summed E-state index contributed by atoms with van der Waals surface area (Å²) >= 11 is 0. The maximum absolute atomic E-state index is 11.0. The molecule has 0 aromatic heterocycles. The Morgan fingerprint density at radius 1 is 1.00 bits per heavy atom. The van der Waals surface area contributed by atoms with Gasteiger partial charge in [0.2, 0.25) is 0 Å². The van der Waals surface area contributed by atoms with Crippen LogP contribution in [0.2, 0.25) is 0 Å². The maximum Gasteiger partial charge on any atom is 0.310 e. The second-order valence-electron chi connectivity index (χ2n) is 4.76. The minimum atomic E-state index is -0.168. The molecule has 0 aliphatic rings. The van der Waals surface area contributed by atoms with Gasteiger partial charge in [-0.3, -0.25) is 4.79 Å². The van der Waals surface area contributed by atoms with Crippen LogP contribution in [0.5, 0.6) is 0 Å². The molecule has 0 saturated carbocycles. The zero-order valence-corrected chi connectivity index (χ0v) is 11.6. The van der Waals surface area contributed by atoms with Crippen LogP contribution in [0, 0.1) is 0 Å². The molecule has 1 aromatic carbocycles. The summed E-state index contributed by atoms with van der Waals surface area (Å²) in [6.07, 6.45) is 9.89. The highest BCUT2D eigenvalue weighted by Crippen LogP contribution is 2.10. The molecule has 2 nitrogen and oxygen atoms in total. The van der Waals surface area contributed by atoms with E-state index < -0.39 is 0 Å². The van der Waals surface area contributed by atoms with Crippen molar-refractivity contribution in [2.45, 2.75) is 51.4 Å². The van der Waals surface area contributed by atoms with E-state index in [0.717, 1.165) is 12.8 Å². The van der Waals surface area contributed by atoms with Crippen molar-refractivity contribution in [3.05, 3.63) is 48.7 Å². The van der Waals surface area contributed by atoms with E-state index in [0.29, 0.717) is 6.42 Å². The first kappa shape index (κ1) is 15.5. The molecule has 0 spiro atoms. The summed E-state index contributed by atoms with van der Waals surface area (Å²) in [5.41, 5.74) is 1.43. The molecular weight excluding hydrogens is 236 g/mol. The Hall–Kier alpha value is -1.57. The van der Waals surface area contributed by atoms with Crippen LogP contribution in [-0.2, 0) is 16.0 Å². The van der Waals surface area contributed by atoms with Gasteiger partial charge in [0.25, 0.3) is 0 Å². The van der Waals surface area contributed by atoms with E-state index >= 15 is 0 Å². The number of hydrogen-bond acceptors (Lipinski definition) is 2. The van der Waals surface area contributed by atoms with Gasteiger partial charge in [-0.2, -0.15) is 0 Å². The van der Waals surface area contributed by atoms with E-state index in [1.165, 1.54) is 43.9 Å². The van der Waals surface area contributed by atoms with E-state index in [1.54, 1.807) is 0 Å². The zero-order chi connectivity index (χ0) is 13.8. The van der Waals surface area contributed by atoms with Gasteiger partial charge in [0, 0.05) is 6.42 Å². The van der Waals surface area contributed by atoms with Crippen molar-refractivity contribution >= 4 is 5.97 Å². The highest BCUT2D eigenvalue weighted by atomic mass is 16.5. The molecular formula is C17H24O2. The number of carbonyl (C=O) groups is 1. The molecule has 0 aliphatic carbocycles. The third kappa shape index (κ3) is 8.20. The highest BCUT2D eigenvalue weighted by Gasteiger charge is 2.00. The first-order valence-corrected chi connectivity index (χ1v) is 7.17. The maximum atomic E-state index is 11.0. The minimum absolute atomic E-state index is 0.168. The molecule has 0 heterocycles. The monoisotopic (exact) mass is 260 g/mol. The number of aryl methyl sites for hydroxylation is 1. The normalized spacial score (nSPS) is 10.1. The second-order valence-corrected chi connectivity index (χ2v) is 4.76. The van der Waals surface area contributed by atoms with E-state index in [1.807, 2.05) is 0 Å². The first-order valence-electron chi connectivity index (χ1n) is 7.17. The van der Waals surface area contributed by atoms with Gasteiger partial charge in [-0.25, -0.2) is 0 Å². The summed E-state index contributed by atoms with van der Waals surface area (Å²) in [6.45, 7) is 3.36. The molecule has 0 saturated heterocycles. The summed E-state index contributed by atoms with van der Waals surface area (Å²) in [4.78, 5) is 11.0. The molecule has 104 valence electrons. The number of esters is 1. The lowest BCUT2D eigenvalue weighted by Crippen LogP contribution is -1.98. The van der Waals surface area contributed by atoms with Gasteiger partial charge in [0.05, 0.1) is 6.26 Å². The van der Waals surface area contributed by atoms with E-state index in [-0.39, 0.29) is 5.97 Å². The predicted octanol–water partition coefficient (Wildman–Crippen LogP) is 4.65. The molecule has 2 heteroatoms. The third-order valence-electron chi connectivity index (χ3n) is 3.15. The molecule has 19 heavy (non-hydrogen) atoms. The van der Waals surface area contributed by atoms with Gasteiger partial charge in [-0.1, -0.05) is 62.6 Å². The van der Waals surface area contributed by atoms with Crippen LogP contribution < -0.4 is 0 Å². The van der Waals surface area contributed by atoms with Crippen LogP contribution in [0.15, 0.2) is 43.2 Å². The molecule has 1 rings (SSSR count). The average molecular weight is 260 g/mol. The zero-order valence-electron chi connectivity index (χ0n) is 11.6. The Morgan fingerprint density at radius 3 is 2.32 bits per heavy atom. The number of rotatable bonds is 10. The SMILES string of the molecule is C=COC(=O)CCCCCCCCc1ccccc1. The largest absolute Gasteiger partial charge is 0.435 e. The lowest BCUT2D eigenvalue weighted by atomic mass is 10.0. The van der Waals surface area contributed by atoms with Crippen molar-refractivity contribution in [3.8, 4) is 0 Å². The van der Waals surface area contributed by atoms with Crippen LogP contribution in [0.25, 0.3) is 0 Å².